The summed E-state index contributed by atoms with van der Waals surface area (Å²) in [6, 6.07) is 11.8. The molecule has 0 aliphatic heterocycles. The summed E-state index contributed by atoms with van der Waals surface area (Å²) in [5, 5.41) is 18.2. The summed E-state index contributed by atoms with van der Waals surface area (Å²) in [4.78, 5) is 58.6. The van der Waals surface area contributed by atoms with E-state index >= 15 is 0 Å². The van der Waals surface area contributed by atoms with Crippen LogP contribution in [-0.4, -0.2) is 64.0 Å². The molecule has 2 aliphatic carbocycles. The average Bonchev–Trinajstić information content (AvgIpc) is 2.99. The molecule has 2 aliphatic rings. The van der Waals surface area contributed by atoms with Crippen molar-refractivity contribution in [2.24, 2.45) is 0 Å². The normalized spacial score (nSPS) is 15.4. The number of carbonyl (C=O) groups is 4. The molecule has 2 amide bonds. The van der Waals surface area contributed by atoms with E-state index in [-0.39, 0.29) is 77.6 Å². The van der Waals surface area contributed by atoms with E-state index in [1.165, 1.54) is 23.1 Å². The van der Waals surface area contributed by atoms with Gasteiger partial charge in [0, 0.05) is 64.6 Å². The number of fused-ring (bicyclic) bond motifs is 2. The van der Waals surface area contributed by atoms with Crippen LogP contribution >= 0.6 is 11.6 Å². The number of allylic oxidation sites excluding steroid dienone is 2. The summed E-state index contributed by atoms with van der Waals surface area (Å²) in [6.45, 7) is 2.06. The van der Waals surface area contributed by atoms with Crippen LogP contribution in [0.15, 0.2) is 59.8 Å². The van der Waals surface area contributed by atoms with Crippen molar-refractivity contribution in [3.05, 3.63) is 76.0 Å². The molecule has 0 atom stereocenters. The maximum Gasteiger partial charge on any atom is 0.239 e. The Labute approximate surface area is 255 Å². The maximum absolute atomic E-state index is 13.5. The number of nitrogens with one attached hydrogen (secondary N) is 2. The van der Waals surface area contributed by atoms with Crippen molar-refractivity contribution >= 4 is 51.6 Å². The number of aromatic hydroxyl groups is 1. The molecule has 2 aromatic carbocycles. The van der Waals surface area contributed by atoms with Crippen LogP contribution in [0.25, 0.3) is 10.9 Å². The number of Topliss-reactive ketones (excluding diaryl/α,β-unsaturated/α-hetero) is 2. The van der Waals surface area contributed by atoms with Gasteiger partial charge < -0.3 is 20.6 Å². The van der Waals surface area contributed by atoms with Gasteiger partial charge in [-0.3, -0.25) is 24.2 Å². The van der Waals surface area contributed by atoms with Crippen molar-refractivity contribution in [1.29, 1.82) is 0 Å². The Morgan fingerprint density at radius 2 is 1.86 bits per heavy atom. The molecule has 0 spiro atoms. The van der Waals surface area contributed by atoms with Crippen LogP contribution < -0.4 is 10.6 Å². The molecule has 0 saturated heterocycles. The fourth-order valence-electron chi connectivity index (χ4n) is 5.91. The number of benzene rings is 2. The number of pyridine rings is 1. The molecule has 1 heterocycles. The van der Waals surface area contributed by atoms with Gasteiger partial charge in [0.05, 0.1) is 17.6 Å². The Bertz CT molecular complexity index is 1610. The summed E-state index contributed by atoms with van der Waals surface area (Å²) >= 11 is 6.12. The molecule has 43 heavy (non-hydrogen) atoms. The van der Waals surface area contributed by atoms with E-state index in [0.717, 1.165) is 48.7 Å². The van der Waals surface area contributed by atoms with Crippen LogP contribution in [0.4, 0.5) is 5.69 Å². The number of carbonyl (C=O) groups excluding carboxylic acids is 4. The Morgan fingerprint density at radius 1 is 1.07 bits per heavy atom. The van der Waals surface area contributed by atoms with Crippen molar-refractivity contribution in [2.75, 3.05) is 25.0 Å². The fraction of sp³-hybridized carbons (Fsp3) is 0.364. The number of halogens is 1. The van der Waals surface area contributed by atoms with Gasteiger partial charge in [-0.15, -0.1) is 0 Å². The summed E-state index contributed by atoms with van der Waals surface area (Å²) in [5.41, 5.74) is 2.17. The van der Waals surface area contributed by atoms with Gasteiger partial charge in [0.2, 0.25) is 11.8 Å². The van der Waals surface area contributed by atoms with E-state index < -0.39 is 5.78 Å². The number of aromatic nitrogens is 1. The first-order valence-electron chi connectivity index (χ1n) is 14.7. The molecular formula is C33H35ClN4O5. The molecular weight excluding hydrogens is 568 g/mol. The highest BCUT2D eigenvalue weighted by Gasteiger charge is 2.32. The highest BCUT2D eigenvalue weighted by Crippen LogP contribution is 2.33. The summed E-state index contributed by atoms with van der Waals surface area (Å²) in [5.74, 6) is -1.58. The Kier molecular flexibility index (Phi) is 9.40. The molecule has 224 valence electrons. The molecule has 0 unspecified atom stereocenters. The number of phenols is 1. The van der Waals surface area contributed by atoms with E-state index in [4.69, 9.17) is 11.6 Å². The van der Waals surface area contributed by atoms with Crippen molar-refractivity contribution in [2.45, 2.75) is 57.9 Å². The number of nitrogens with zero attached hydrogens (tertiary/aromatic N) is 2. The molecule has 9 nitrogen and oxygen atoms in total. The second kappa shape index (κ2) is 13.4. The number of anilines is 1. The minimum atomic E-state index is -0.453. The summed E-state index contributed by atoms with van der Waals surface area (Å²) in [6.07, 6.45) is 6.80. The van der Waals surface area contributed by atoms with Crippen LogP contribution in [0, 0.1) is 0 Å². The standard InChI is InChI=1S/C33H35ClN4O5/c1-20-23(33(43)31-25(32(20)42)8-5-9-28(31)39)12-13-30(41)38(19-29(40)37-22-6-3-2-4-7-22)17-16-36-26-14-15-35-27-18-21(34)10-11-24(26)27/h5,8-11,14-15,18,22,39H,2-4,6-7,12-13,16-17,19H2,1H3,(H,35,36)(H,37,40). The average molecular weight is 603 g/mol. The van der Waals surface area contributed by atoms with Gasteiger partial charge in [0.1, 0.15) is 5.75 Å². The van der Waals surface area contributed by atoms with Crippen LogP contribution in [0.2, 0.25) is 5.02 Å². The van der Waals surface area contributed by atoms with Gasteiger partial charge in [-0.1, -0.05) is 43.0 Å². The first-order chi connectivity index (χ1) is 20.7. The molecule has 10 heteroatoms. The van der Waals surface area contributed by atoms with Gasteiger partial charge in [0.15, 0.2) is 11.6 Å². The van der Waals surface area contributed by atoms with Gasteiger partial charge in [-0.05, 0) is 56.5 Å². The SMILES string of the molecule is CC1=C(CCC(=O)N(CCNc2ccnc3cc(Cl)ccc23)CC(=O)NC2CCCCC2)C(=O)c2c(O)cccc2C1=O. The van der Waals surface area contributed by atoms with Gasteiger partial charge in [-0.2, -0.15) is 0 Å². The maximum atomic E-state index is 13.5. The second-order valence-corrected chi connectivity index (χ2v) is 11.6. The highest BCUT2D eigenvalue weighted by molar-refractivity contribution is 6.31. The van der Waals surface area contributed by atoms with Crippen LogP contribution in [0.3, 0.4) is 0 Å². The third kappa shape index (κ3) is 6.88. The molecule has 1 fully saturated rings. The van der Waals surface area contributed by atoms with E-state index in [1.54, 1.807) is 25.3 Å². The molecule has 3 aromatic rings. The predicted octanol–water partition coefficient (Wildman–Crippen LogP) is 5.46. The minimum absolute atomic E-state index is 0.0208. The molecule has 1 aromatic heterocycles. The highest BCUT2D eigenvalue weighted by atomic mass is 35.5. The number of hydrogen-bond acceptors (Lipinski definition) is 7. The third-order valence-electron chi connectivity index (χ3n) is 8.23. The Hall–Kier alpha value is -4.24. The second-order valence-electron chi connectivity index (χ2n) is 11.1. The van der Waals surface area contributed by atoms with Gasteiger partial charge in [0.25, 0.3) is 0 Å². The third-order valence-corrected chi connectivity index (χ3v) is 8.46. The Balaban J connectivity index is 1.28. The van der Waals surface area contributed by atoms with E-state index in [2.05, 4.69) is 15.6 Å². The van der Waals surface area contributed by atoms with Crippen molar-refractivity contribution in [1.82, 2.24) is 15.2 Å². The lowest BCUT2D eigenvalue weighted by atomic mass is 9.82. The Morgan fingerprint density at radius 3 is 2.65 bits per heavy atom. The van der Waals surface area contributed by atoms with Crippen LogP contribution in [-0.2, 0) is 9.59 Å². The van der Waals surface area contributed by atoms with Crippen LogP contribution in [0.5, 0.6) is 5.75 Å². The minimum Gasteiger partial charge on any atom is -0.507 e. The van der Waals surface area contributed by atoms with Gasteiger partial charge in [-0.25, -0.2) is 0 Å². The topological polar surface area (TPSA) is 129 Å². The van der Waals surface area contributed by atoms with E-state index in [9.17, 15) is 24.3 Å². The van der Waals surface area contributed by atoms with Crippen molar-refractivity contribution in [3.8, 4) is 5.75 Å². The first kappa shape index (κ1) is 30.2. The monoisotopic (exact) mass is 602 g/mol. The van der Waals surface area contributed by atoms with E-state index in [1.807, 2.05) is 12.1 Å². The smallest absolute Gasteiger partial charge is 0.239 e. The zero-order valence-corrected chi connectivity index (χ0v) is 24.9. The number of rotatable bonds is 10. The fourth-order valence-corrected chi connectivity index (χ4v) is 6.07. The number of amides is 2. The zero-order chi connectivity index (χ0) is 30.5. The first-order valence-corrected chi connectivity index (χ1v) is 15.1. The lowest BCUT2D eigenvalue weighted by molar-refractivity contribution is -0.136. The van der Waals surface area contributed by atoms with Crippen LogP contribution in [0.1, 0.15) is 72.6 Å². The molecule has 0 bridgehead atoms. The summed E-state index contributed by atoms with van der Waals surface area (Å²) in [7, 11) is 0. The quantitative estimate of drug-likeness (QED) is 0.281. The molecule has 1 saturated carbocycles. The molecule has 3 N–H and O–H groups in total. The number of phenolic OH excluding ortho intramolecular Hbond substituents is 1. The largest absolute Gasteiger partial charge is 0.507 e. The summed E-state index contributed by atoms with van der Waals surface area (Å²) < 4.78 is 0. The van der Waals surface area contributed by atoms with Crippen molar-refractivity contribution < 1.29 is 24.3 Å². The lowest BCUT2D eigenvalue weighted by Gasteiger charge is -2.27. The predicted molar refractivity (Wildman–Crippen MR) is 166 cm³/mol. The zero-order valence-electron chi connectivity index (χ0n) is 24.1. The molecule has 0 radical (unpaired) electrons. The lowest BCUT2D eigenvalue weighted by Crippen LogP contribution is -2.46. The molecule has 5 rings (SSSR count). The van der Waals surface area contributed by atoms with Gasteiger partial charge >= 0.3 is 0 Å². The number of ketones is 2. The van der Waals surface area contributed by atoms with Crippen molar-refractivity contribution in [3.63, 3.8) is 0 Å². The van der Waals surface area contributed by atoms with E-state index in [0.29, 0.717) is 11.6 Å². The number of hydrogen-bond donors (Lipinski definition) is 3.